The first-order valence-electron chi connectivity index (χ1n) is 8.78. The Hall–Kier alpha value is -2.67. The summed E-state index contributed by atoms with van der Waals surface area (Å²) in [6, 6.07) is 16.8. The topological polar surface area (TPSA) is 89.5 Å². The van der Waals surface area contributed by atoms with Crippen molar-refractivity contribution in [1.29, 1.82) is 0 Å². The smallest absolute Gasteiger partial charge is 0.307 e. The Labute approximate surface area is 158 Å². The van der Waals surface area contributed by atoms with Gasteiger partial charge in [-0.05, 0) is 25.0 Å². The molecule has 1 aliphatic carbocycles. The molecule has 27 heavy (non-hydrogen) atoms. The van der Waals surface area contributed by atoms with Crippen LogP contribution in [0.2, 0.25) is 0 Å². The Morgan fingerprint density at radius 2 is 1.59 bits per heavy atom. The van der Waals surface area contributed by atoms with Gasteiger partial charge in [0.2, 0.25) is 6.10 Å². The summed E-state index contributed by atoms with van der Waals surface area (Å²) in [4.78, 5) is 24.8. The van der Waals surface area contributed by atoms with Crippen LogP contribution in [0.4, 0.5) is 0 Å². The van der Waals surface area contributed by atoms with Crippen LogP contribution in [0.1, 0.15) is 30.9 Å². The Balaban J connectivity index is 1.64. The number of benzene rings is 2. The number of carbonyl (C=O) groups is 2. The van der Waals surface area contributed by atoms with Crippen molar-refractivity contribution in [2.24, 2.45) is 0 Å². The lowest BCUT2D eigenvalue weighted by Gasteiger charge is -2.18. The molecule has 142 valence electrons. The van der Waals surface area contributed by atoms with Crippen LogP contribution in [-0.2, 0) is 24.2 Å². The molecule has 2 aromatic carbocycles. The number of nitrogens with one attached hydrogen (secondary N) is 1. The molecule has 0 radical (unpaired) electrons. The van der Waals surface area contributed by atoms with Crippen molar-refractivity contribution >= 4 is 21.7 Å². The van der Waals surface area contributed by atoms with Gasteiger partial charge in [-0.25, -0.2) is 8.42 Å². The van der Waals surface area contributed by atoms with Gasteiger partial charge in [0, 0.05) is 11.6 Å². The highest BCUT2D eigenvalue weighted by atomic mass is 32.2. The first-order chi connectivity index (χ1) is 13.0. The maximum atomic E-state index is 12.4. The van der Waals surface area contributed by atoms with Crippen molar-refractivity contribution in [3.8, 4) is 0 Å². The standard InChI is InChI=1S/C20H21NO5S/c22-18(13-14-27(24,25)17-9-5-2-6-10-17)26-19(15-7-3-1-4-8-15)20(23)21-16-11-12-16/h1-10,16,19H,11-14H2,(H,21,23)/t19-/m0/s1. The molecular formula is C20H21NO5S. The second-order valence-corrected chi connectivity index (χ2v) is 8.55. The molecule has 0 heterocycles. The van der Waals surface area contributed by atoms with E-state index in [1.165, 1.54) is 12.1 Å². The van der Waals surface area contributed by atoms with E-state index in [0.29, 0.717) is 5.56 Å². The molecule has 1 saturated carbocycles. The van der Waals surface area contributed by atoms with Crippen molar-refractivity contribution in [2.45, 2.75) is 36.3 Å². The zero-order valence-corrected chi connectivity index (χ0v) is 15.5. The highest BCUT2D eigenvalue weighted by Gasteiger charge is 2.31. The van der Waals surface area contributed by atoms with Gasteiger partial charge in [-0.15, -0.1) is 0 Å². The summed E-state index contributed by atoms with van der Waals surface area (Å²) < 4.78 is 29.9. The molecule has 6 nitrogen and oxygen atoms in total. The van der Waals surface area contributed by atoms with E-state index in [0.717, 1.165) is 12.8 Å². The number of ether oxygens (including phenoxy) is 1. The van der Waals surface area contributed by atoms with E-state index < -0.39 is 21.9 Å². The van der Waals surface area contributed by atoms with Gasteiger partial charge in [0.1, 0.15) is 0 Å². The number of esters is 1. The molecule has 1 amide bonds. The number of carbonyl (C=O) groups excluding carboxylic acids is 2. The van der Waals surface area contributed by atoms with Crippen LogP contribution >= 0.6 is 0 Å². The normalized spacial score (nSPS) is 15.0. The van der Waals surface area contributed by atoms with Gasteiger partial charge in [0.15, 0.2) is 9.84 Å². The third-order valence-corrected chi connectivity index (χ3v) is 5.92. The molecule has 0 saturated heterocycles. The minimum absolute atomic E-state index is 0.126. The molecule has 0 bridgehead atoms. The summed E-state index contributed by atoms with van der Waals surface area (Å²) >= 11 is 0. The van der Waals surface area contributed by atoms with Crippen LogP contribution in [-0.4, -0.2) is 32.1 Å². The number of hydrogen-bond acceptors (Lipinski definition) is 5. The van der Waals surface area contributed by atoms with Crippen LogP contribution in [0.3, 0.4) is 0 Å². The minimum atomic E-state index is -3.59. The highest BCUT2D eigenvalue weighted by molar-refractivity contribution is 7.91. The van der Waals surface area contributed by atoms with Crippen LogP contribution < -0.4 is 5.32 Å². The lowest BCUT2D eigenvalue weighted by Crippen LogP contribution is -2.33. The Morgan fingerprint density at radius 1 is 1.00 bits per heavy atom. The van der Waals surface area contributed by atoms with Crippen molar-refractivity contribution < 1.29 is 22.7 Å². The number of amides is 1. The minimum Gasteiger partial charge on any atom is -0.447 e. The summed E-state index contributed by atoms with van der Waals surface area (Å²) in [5.41, 5.74) is 0.551. The Morgan fingerprint density at radius 3 is 2.19 bits per heavy atom. The summed E-state index contributed by atoms with van der Waals surface area (Å²) in [7, 11) is -3.59. The predicted octanol–water partition coefficient (Wildman–Crippen LogP) is 2.41. The van der Waals surface area contributed by atoms with Gasteiger partial charge in [-0.3, -0.25) is 9.59 Å². The molecule has 0 unspecified atom stereocenters. The first kappa shape index (κ1) is 19.1. The second kappa shape index (κ2) is 8.35. The molecule has 1 atom stereocenters. The number of hydrogen-bond donors (Lipinski definition) is 1. The van der Waals surface area contributed by atoms with E-state index in [9.17, 15) is 18.0 Å². The zero-order chi connectivity index (χ0) is 19.3. The third-order valence-electron chi connectivity index (χ3n) is 4.19. The summed E-state index contributed by atoms with van der Waals surface area (Å²) in [6.07, 6.45) is 0.420. The predicted molar refractivity (Wildman–Crippen MR) is 99.6 cm³/mol. The van der Waals surface area contributed by atoms with Crippen LogP contribution in [0, 0.1) is 0 Å². The van der Waals surface area contributed by atoms with E-state index in [1.54, 1.807) is 48.5 Å². The Kier molecular flexibility index (Phi) is 5.91. The summed E-state index contributed by atoms with van der Waals surface area (Å²) in [5, 5.41) is 2.82. The van der Waals surface area contributed by atoms with E-state index in [4.69, 9.17) is 4.74 Å². The number of sulfone groups is 1. The second-order valence-electron chi connectivity index (χ2n) is 6.45. The molecule has 3 rings (SSSR count). The van der Waals surface area contributed by atoms with Crippen molar-refractivity contribution in [2.75, 3.05) is 5.75 Å². The van der Waals surface area contributed by atoms with Crippen LogP contribution in [0.15, 0.2) is 65.6 Å². The van der Waals surface area contributed by atoms with Gasteiger partial charge in [-0.2, -0.15) is 0 Å². The fourth-order valence-corrected chi connectivity index (χ4v) is 3.80. The average molecular weight is 387 g/mol. The van der Waals surface area contributed by atoms with E-state index >= 15 is 0 Å². The molecule has 7 heteroatoms. The molecule has 1 aliphatic rings. The fraction of sp³-hybridized carbons (Fsp3) is 0.300. The molecule has 1 N–H and O–H groups in total. The molecule has 1 fully saturated rings. The molecule has 0 aliphatic heterocycles. The van der Waals surface area contributed by atoms with Gasteiger partial charge >= 0.3 is 5.97 Å². The van der Waals surface area contributed by atoms with Crippen LogP contribution in [0.25, 0.3) is 0 Å². The van der Waals surface area contributed by atoms with Gasteiger partial charge < -0.3 is 10.1 Å². The van der Waals surface area contributed by atoms with Gasteiger partial charge in [-0.1, -0.05) is 48.5 Å². The fourth-order valence-electron chi connectivity index (χ4n) is 2.56. The zero-order valence-electron chi connectivity index (χ0n) is 14.7. The lowest BCUT2D eigenvalue weighted by atomic mass is 10.1. The maximum absolute atomic E-state index is 12.4. The first-order valence-corrected chi connectivity index (χ1v) is 10.4. The molecule has 0 aromatic heterocycles. The monoisotopic (exact) mass is 387 g/mol. The molecular weight excluding hydrogens is 366 g/mol. The van der Waals surface area contributed by atoms with Crippen molar-refractivity contribution in [3.05, 3.63) is 66.2 Å². The average Bonchev–Trinajstić information content (AvgIpc) is 3.50. The SMILES string of the molecule is O=C(CCS(=O)(=O)c1ccccc1)O[C@H](C(=O)NC1CC1)c1ccccc1. The quantitative estimate of drug-likeness (QED) is 0.703. The van der Waals surface area contributed by atoms with Gasteiger partial charge in [0.05, 0.1) is 17.1 Å². The summed E-state index contributed by atoms with van der Waals surface area (Å²) in [6.45, 7) is 0. The number of rotatable bonds is 8. The lowest BCUT2D eigenvalue weighted by molar-refractivity contribution is -0.156. The van der Waals surface area contributed by atoms with E-state index in [-0.39, 0.29) is 29.0 Å². The van der Waals surface area contributed by atoms with Gasteiger partial charge in [0.25, 0.3) is 5.91 Å². The van der Waals surface area contributed by atoms with Crippen LogP contribution in [0.5, 0.6) is 0 Å². The Bertz CT molecular complexity index is 892. The molecule has 2 aromatic rings. The van der Waals surface area contributed by atoms with E-state index in [2.05, 4.69) is 5.32 Å². The third kappa shape index (κ3) is 5.40. The highest BCUT2D eigenvalue weighted by Crippen LogP contribution is 2.23. The van der Waals surface area contributed by atoms with Crippen molar-refractivity contribution in [1.82, 2.24) is 5.32 Å². The van der Waals surface area contributed by atoms with Crippen molar-refractivity contribution in [3.63, 3.8) is 0 Å². The van der Waals surface area contributed by atoms with E-state index in [1.807, 2.05) is 0 Å². The summed E-state index contributed by atoms with van der Waals surface area (Å²) in [5.74, 6) is -1.49. The maximum Gasteiger partial charge on any atom is 0.307 e. The largest absolute Gasteiger partial charge is 0.447 e. The molecule has 0 spiro atoms.